The van der Waals surface area contributed by atoms with Gasteiger partial charge in [0, 0.05) is 35.8 Å². The molecule has 0 unspecified atom stereocenters. The number of aliphatic hydroxyl groups excluding tert-OH is 1. The number of aryl methyl sites for hydroxylation is 1. The van der Waals surface area contributed by atoms with Crippen LogP contribution in [0.5, 0.6) is 0 Å². The van der Waals surface area contributed by atoms with Crippen LogP contribution < -0.4 is 5.32 Å². The lowest BCUT2D eigenvalue weighted by Crippen LogP contribution is -2.26. The van der Waals surface area contributed by atoms with Crippen LogP contribution in [0.15, 0.2) is 30.5 Å². The molecule has 0 aliphatic carbocycles. The summed E-state index contributed by atoms with van der Waals surface area (Å²) in [5, 5.41) is 13.8. The minimum atomic E-state index is -0.126. The van der Waals surface area contributed by atoms with E-state index < -0.39 is 0 Å². The summed E-state index contributed by atoms with van der Waals surface area (Å²) in [5.41, 5.74) is 3.16. The Morgan fingerprint density at radius 1 is 1.28 bits per heavy atom. The standard InChI is InChI=1S/C15H20N2O/c1-11-6-7-13(17-9-15(2,3)10-18)12-5-4-8-16-14(11)12/h4-8,17-18H,9-10H2,1-3H3. The number of aliphatic hydroxyl groups is 1. The monoisotopic (exact) mass is 244 g/mol. The van der Waals surface area contributed by atoms with Gasteiger partial charge in [0.15, 0.2) is 0 Å². The van der Waals surface area contributed by atoms with Gasteiger partial charge in [-0.1, -0.05) is 19.9 Å². The number of fused-ring (bicyclic) bond motifs is 1. The molecule has 0 amide bonds. The van der Waals surface area contributed by atoms with Crippen molar-refractivity contribution < 1.29 is 5.11 Å². The fourth-order valence-corrected chi connectivity index (χ4v) is 1.86. The molecule has 96 valence electrons. The molecule has 0 bridgehead atoms. The van der Waals surface area contributed by atoms with Crippen LogP contribution in [0.2, 0.25) is 0 Å². The lowest BCUT2D eigenvalue weighted by molar-refractivity contribution is 0.171. The molecule has 0 atom stereocenters. The fourth-order valence-electron chi connectivity index (χ4n) is 1.86. The molecular weight excluding hydrogens is 224 g/mol. The Hall–Kier alpha value is -1.61. The van der Waals surface area contributed by atoms with Gasteiger partial charge in [0.25, 0.3) is 0 Å². The van der Waals surface area contributed by atoms with E-state index in [0.29, 0.717) is 0 Å². The highest BCUT2D eigenvalue weighted by atomic mass is 16.3. The Labute approximate surface area is 108 Å². The maximum absolute atomic E-state index is 9.28. The van der Waals surface area contributed by atoms with E-state index >= 15 is 0 Å². The van der Waals surface area contributed by atoms with Gasteiger partial charge in [0.2, 0.25) is 0 Å². The average Bonchev–Trinajstić information content (AvgIpc) is 2.38. The van der Waals surface area contributed by atoms with Gasteiger partial charge in [-0.15, -0.1) is 0 Å². The topological polar surface area (TPSA) is 45.1 Å². The van der Waals surface area contributed by atoms with E-state index in [1.807, 2.05) is 26.1 Å². The first kappa shape index (κ1) is 12.8. The van der Waals surface area contributed by atoms with Crippen LogP contribution >= 0.6 is 0 Å². The molecule has 2 N–H and O–H groups in total. The number of hydrogen-bond acceptors (Lipinski definition) is 3. The van der Waals surface area contributed by atoms with E-state index in [4.69, 9.17) is 0 Å². The highest BCUT2D eigenvalue weighted by Crippen LogP contribution is 2.25. The number of rotatable bonds is 4. The molecule has 0 saturated heterocycles. The summed E-state index contributed by atoms with van der Waals surface area (Å²) in [6.07, 6.45) is 1.82. The molecule has 1 heterocycles. The molecule has 0 fully saturated rings. The summed E-state index contributed by atoms with van der Waals surface area (Å²) in [6, 6.07) is 8.17. The van der Waals surface area contributed by atoms with E-state index in [1.54, 1.807) is 0 Å². The first-order valence-electron chi connectivity index (χ1n) is 6.22. The summed E-state index contributed by atoms with van der Waals surface area (Å²) in [6.45, 7) is 7.04. The predicted octanol–water partition coefficient (Wildman–Crippen LogP) is 2.97. The molecule has 2 aromatic rings. The van der Waals surface area contributed by atoms with E-state index in [9.17, 15) is 5.11 Å². The highest BCUT2D eigenvalue weighted by molar-refractivity contribution is 5.93. The number of nitrogens with one attached hydrogen (secondary N) is 1. The minimum absolute atomic E-state index is 0.126. The third-order valence-corrected chi connectivity index (χ3v) is 3.16. The van der Waals surface area contributed by atoms with E-state index in [-0.39, 0.29) is 12.0 Å². The summed E-state index contributed by atoms with van der Waals surface area (Å²) in [4.78, 5) is 4.42. The second-order valence-corrected chi connectivity index (χ2v) is 5.51. The quantitative estimate of drug-likeness (QED) is 0.869. The van der Waals surface area contributed by atoms with Gasteiger partial charge in [-0.2, -0.15) is 0 Å². The minimum Gasteiger partial charge on any atom is -0.396 e. The largest absolute Gasteiger partial charge is 0.396 e. The van der Waals surface area contributed by atoms with Crippen molar-refractivity contribution in [1.82, 2.24) is 4.98 Å². The molecule has 0 aliphatic heterocycles. The van der Waals surface area contributed by atoms with Crippen molar-refractivity contribution in [1.29, 1.82) is 0 Å². The van der Waals surface area contributed by atoms with Gasteiger partial charge >= 0.3 is 0 Å². The van der Waals surface area contributed by atoms with Crippen LogP contribution in [-0.2, 0) is 0 Å². The molecule has 0 spiro atoms. The van der Waals surface area contributed by atoms with Gasteiger partial charge in [-0.05, 0) is 30.7 Å². The number of hydrogen-bond donors (Lipinski definition) is 2. The number of pyridine rings is 1. The summed E-state index contributed by atoms with van der Waals surface area (Å²) >= 11 is 0. The predicted molar refractivity (Wildman–Crippen MR) is 75.8 cm³/mol. The van der Waals surface area contributed by atoms with E-state index in [1.165, 1.54) is 5.56 Å². The molecule has 0 radical (unpaired) electrons. The zero-order valence-electron chi connectivity index (χ0n) is 11.2. The van der Waals surface area contributed by atoms with Gasteiger partial charge < -0.3 is 10.4 Å². The van der Waals surface area contributed by atoms with Crippen molar-refractivity contribution >= 4 is 16.6 Å². The summed E-state index contributed by atoms with van der Waals surface area (Å²) in [7, 11) is 0. The second kappa shape index (κ2) is 4.94. The Morgan fingerprint density at radius 3 is 2.78 bits per heavy atom. The molecular formula is C15H20N2O. The van der Waals surface area contributed by atoms with Crippen LogP contribution in [0.4, 0.5) is 5.69 Å². The first-order valence-corrected chi connectivity index (χ1v) is 6.22. The van der Waals surface area contributed by atoms with Crippen LogP contribution in [-0.4, -0.2) is 23.2 Å². The Kier molecular flexibility index (Phi) is 3.53. The average molecular weight is 244 g/mol. The SMILES string of the molecule is Cc1ccc(NCC(C)(C)CO)c2cccnc12. The molecule has 1 aromatic heterocycles. The lowest BCUT2D eigenvalue weighted by Gasteiger charge is -2.23. The molecule has 0 aliphatic rings. The van der Waals surface area contributed by atoms with Crippen LogP contribution in [0, 0.1) is 12.3 Å². The zero-order valence-corrected chi connectivity index (χ0v) is 11.2. The fraction of sp³-hybridized carbons (Fsp3) is 0.400. The van der Waals surface area contributed by atoms with Gasteiger partial charge in [0.05, 0.1) is 5.52 Å². The zero-order chi connectivity index (χ0) is 13.2. The third-order valence-electron chi connectivity index (χ3n) is 3.16. The maximum Gasteiger partial charge on any atom is 0.0751 e. The van der Waals surface area contributed by atoms with Crippen LogP contribution in [0.25, 0.3) is 10.9 Å². The molecule has 3 heteroatoms. The number of anilines is 1. The Morgan fingerprint density at radius 2 is 2.06 bits per heavy atom. The van der Waals surface area contributed by atoms with Gasteiger partial charge in [0.1, 0.15) is 0 Å². The second-order valence-electron chi connectivity index (χ2n) is 5.51. The van der Waals surface area contributed by atoms with Crippen molar-refractivity contribution in [3.8, 4) is 0 Å². The van der Waals surface area contributed by atoms with E-state index in [2.05, 4.69) is 35.4 Å². The van der Waals surface area contributed by atoms with Gasteiger partial charge in [-0.25, -0.2) is 0 Å². The maximum atomic E-state index is 9.28. The van der Waals surface area contributed by atoms with Crippen molar-refractivity contribution in [3.05, 3.63) is 36.0 Å². The van der Waals surface area contributed by atoms with Crippen molar-refractivity contribution in [3.63, 3.8) is 0 Å². The number of nitrogens with zero attached hydrogens (tertiary/aromatic N) is 1. The van der Waals surface area contributed by atoms with Crippen LogP contribution in [0.3, 0.4) is 0 Å². The molecule has 2 rings (SSSR count). The summed E-state index contributed by atoms with van der Waals surface area (Å²) in [5.74, 6) is 0. The Balaban J connectivity index is 2.32. The normalized spacial score (nSPS) is 11.8. The number of benzene rings is 1. The van der Waals surface area contributed by atoms with Crippen LogP contribution in [0.1, 0.15) is 19.4 Å². The third kappa shape index (κ3) is 2.62. The molecule has 1 aromatic carbocycles. The highest BCUT2D eigenvalue weighted by Gasteiger charge is 2.16. The van der Waals surface area contributed by atoms with E-state index in [0.717, 1.165) is 23.1 Å². The van der Waals surface area contributed by atoms with Crippen molar-refractivity contribution in [2.24, 2.45) is 5.41 Å². The molecule has 18 heavy (non-hydrogen) atoms. The van der Waals surface area contributed by atoms with Crippen molar-refractivity contribution in [2.45, 2.75) is 20.8 Å². The molecule has 3 nitrogen and oxygen atoms in total. The molecule has 0 saturated carbocycles. The summed E-state index contributed by atoms with van der Waals surface area (Å²) < 4.78 is 0. The van der Waals surface area contributed by atoms with Gasteiger partial charge in [-0.3, -0.25) is 4.98 Å². The van der Waals surface area contributed by atoms with Crippen molar-refractivity contribution in [2.75, 3.05) is 18.5 Å². The smallest absolute Gasteiger partial charge is 0.0751 e. The Bertz CT molecular complexity index is 549. The first-order chi connectivity index (χ1) is 8.53. The lowest BCUT2D eigenvalue weighted by atomic mass is 9.94. The number of aromatic nitrogens is 1.